The average Bonchev–Trinajstić information content (AvgIpc) is 2.82. The first-order chi connectivity index (χ1) is 9.65. The van der Waals surface area contributed by atoms with Gasteiger partial charge in [-0.05, 0) is 30.2 Å². The topological polar surface area (TPSA) is 56.7 Å². The molecule has 0 aliphatic carbocycles. The first kappa shape index (κ1) is 15.6. The van der Waals surface area contributed by atoms with Gasteiger partial charge < -0.3 is 10.3 Å². The summed E-state index contributed by atoms with van der Waals surface area (Å²) in [6.07, 6.45) is 1.01. The van der Waals surface area contributed by atoms with Crippen LogP contribution in [0.15, 0.2) is 23.4 Å². The van der Waals surface area contributed by atoms with E-state index >= 15 is 0 Å². The van der Waals surface area contributed by atoms with Gasteiger partial charge in [0.25, 0.3) is 0 Å². The average molecular weight is 331 g/mol. The van der Waals surface area contributed by atoms with Crippen LogP contribution in [-0.2, 0) is 18.8 Å². The summed E-state index contributed by atoms with van der Waals surface area (Å²) >= 11 is 13.7. The van der Waals surface area contributed by atoms with Gasteiger partial charge in [0.1, 0.15) is 5.82 Å². The molecule has 1 heterocycles. The number of nitrogens with two attached hydrogens (primary N) is 1. The van der Waals surface area contributed by atoms with Crippen molar-refractivity contribution in [1.29, 1.82) is 0 Å². The largest absolute Gasteiger partial charge is 0.324 e. The molecule has 0 saturated heterocycles. The Kier molecular flexibility index (Phi) is 5.72. The molecule has 1 aromatic carbocycles. The minimum Gasteiger partial charge on any atom is -0.324 e. The second-order valence-electron chi connectivity index (χ2n) is 4.28. The molecule has 0 spiro atoms. The van der Waals surface area contributed by atoms with Crippen LogP contribution >= 0.6 is 35.0 Å². The maximum atomic E-state index is 6.16. The summed E-state index contributed by atoms with van der Waals surface area (Å²) < 4.78 is 2.06. The Balaban J connectivity index is 2.14. The molecule has 0 amide bonds. The van der Waals surface area contributed by atoms with Crippen molar-refractivity contribution in [3.63, 3.8) is 0 Å². The number of benzene rings is 1. The standard InChI is InChI=1S/C13H16Cl2N4S/c1-2-5-19-12(7-16)17-18-13(19)20-8-9-6-10(14)3-4-11(9)15/h3-4,6H,2,5,7-8,16H2,1H3. The van der Waals surface area contributed by atoms with E-state index in [0.717, 1.165) is 29.5 Å². The van der Waals surface area contributed by atoms with Gasteiger partial charge in [-0.3, -0.25) is 0 Å². The molecule has 108 valence electrons. The van der Waals surface area contributed by atoms with Crippen molar-refractivity contribution in [2.24, 2.45) is 5.73 Å². The van der Waals surface area contributed by atoms with E-state index in [1.54, 1.807) is 17.8 Å². The van der Waals surface area contributed by atoms with E-state index in [4.69, 9.17) is 28.9 Å². The summed E-state index contributed by atoms with van der Waals surface area (Å²) in [4.78, 5) is 0. The predicted octanol–water partition coefficient (Wildman–Crippen LogP) is 3.75. The fraction of sp³-hybridized carbons (Fsp3) is 0.385. The SMILES string of the molecule is CCCn1c(CN)nnc1SCc1cc(Cl)ccc1Cl. The third kappa shape index (κ3) is 3.67. The van der Waals surface area contributed by atoms with Gasteiger partial charge in [-0.25, -0.2) is 0 Å². The molecule has 1 aromatic heterocycles. The summed E-state index contributed by atoms with van der Waals surface area (Å²) in [6, 6.07) is 5.47. The fourth-order valence-electron chi connectivity index (χ4n) is 1.82. The zero-order valence-corrected chi connectivity index (χ0v) is 13.5. The molecule has 4 nitrogen and oxygen atoms in total. The lowest BCUT2D eigenvalue weighted by atomic mass is 10.2. The summed E-state index contributed by atoms with van der Waals surface area (Å²) in [7, 11) is 0. The first-order valence-electron chi connectivity index (χ1n) is 6.34. The van der Waals surface area contributed by atoms with E-state index in [2.05, 4.69) is 21.7 Å². The van der Waals surface area contributed by atoms with Crippen molar-refractivity contribution in [3.8, 4) is 0 Å². The highest BCUT2D eigenvalue weighted by atomic mass is 35.5. The van der Waals surface area contributed by atoms with Gasteiger partial charge in [0.2, 0.25) is 0 Å². The molecule has 0 radical (unpaired) electrons. The zero-order chi connectivity index (χ0) is 14.5. The summed E-state index contributed by atoms with van der Waals surface area (Å²) in [6.45, 7) is 3.37. The second-order valence-corrected chi connectivity index (χ2v) is 6.07. The zero-order valence-electron chi connectivity index (χ0n) is 11.1. The molecule has 7 heteroatoms. The Labute approximate surface area is 132 Å². The van der Waals surface area contributed by atoms with E-state index in [-0.39, 0.29) is 0 Å². The van der Waals surface area contributed by atoms with Crippen LogP contribution in [0.2, 0.25) is 10.0 Å². The Morgan fingerprint density at radius 1 is 1.30 bits per heavy atom. The quantitative estimate of drug-likeness (QED) is 0.819. The molecule has 0 saturated carbocycles. The van der Waals surface area contributed by atoms with Crippen LogP contribution in [-0.4, -0.2) is 14.8 Å². The number of thioether (sulfide) groups is 1. The summed E-state index contributed by atoms with van der Waals surface area (Å²) in [5.74, 6) is 1.51. The highest BCUT2D eigenvalue weighted by Gasteiger charge is 2.11. The highest BCUT2D eigenvalue weighted by Crippen LogP contribution is 2.28. The molecule has 0 aliphatic rings. The molecule has 0 aliphatic heterocycles. The Bertz CT molecular complexity index is 586. The van der Waals surface area contributed by atoms with Gasteiger partial charge in [0.05, 0.1) is 6.54 Å². The number of nitrogens with zero attached hydrogens (tertiary/aromatic N) is 3. The van der Waals surface area contributed by atoms with Crippen molar-refractivity contribution in [1.82, 2.24) is 14.8 Å². The molecule has 0 atom stereocenters. The molecule has 2 N–H and O–H groups in total. The lowest BCUT2D eigenvalue weighted by molar-refractivity contribution is 0.592. The molecule has 0 fully saturated rings. The van der Waals surface area contributed by atoms with Crippen molar-refractivity contribution >= 4 is 35.0 Å². The predicted molar refractivity (Wildman–Crippen MR) is 84.2 cm³/mol. The van der Waals surface area contributed by atoms with E-state index in [1.165, 1.54) is 0 Å². The number of rotatable bonds is 6. The highest BCUT2D eigenvalue weighted by molar-refractivity contribution is 7.98. The van der Waals surface area contributed by atoms with E-state index in [1.807, 2.05) is 12.1 Å². The Hall–Kier alpha value is -0.750. The number of halogens is 2. The van der Waals surface area contributed by atoms with Gasteiger partial charge in [-0.15, -0.1) is 10.2 Å². The van der Waals surface area contributed by atoms with Crippen LogP contribution in [0.25, 0.3) is 0 Å². The third-order valence-corrected chi connectivity index (χ3v) is 4.41. The minimum absolute atomic E-state index is 0.394. The Morgan fingerprint density at radius 3 is 2.80 bits per heavy atom. The van der Waals surface area contributed by atoms with Gasteiger partial charge in [-0.1, -0.05) is 41.9 Å². The van der Waals surface area contributed by atoms with Crippen molar-refractivity contribution in [3.05, 3.63) is 39.6 Å². The molecular weight excluding hydrogens is 315 g/mol. The maximum Gasteiger partial charge on any atom is 0.191 e. The number of hydrogen-bond acceptors (Lipinski definition) is 4. The molecule has 20 heavy (non-hydrogen) atoms. The molecule has 2 aromatic rings. The van der Waals surface area contributed by atoms with Crippen molar-refractivity contribution in [2.45, 2.75) is 37.3 Å². The van der Waals surface area contributed by atoms with Crippen molar-refractivity contribution in [2.75, 3.05) is 0 Å². The minimum atomic E-state index is 0.394. The van der Waals surface area contributed by atoms with Gasteiger partial charge >= 0.3 is 0 Å². The monoisotopic (exact) mass is 330 g/mol. The fourth-order valence-corrected chi connectivity index (χ4v) is 3.25. The van der Waals surface area contributed by atoms with Gasteiger partial charge in [-0.2, -0.15) is 0 Å². The van der Waals surface area contributed by atoms with E-state index < -0.39 is 0 Å². The van der Waals surface area contributed by atoms with Crippen LogP contribution in [0.3, 0.4) is 0 Å². The second kappa shape index (κ2) is 7.31. The number of aromatic nitrogens is 3. The van der Waals surface area contributed by atoms with E-state index in [0.29, 0.717) is 22.3 Å². The normalized spacial score (nSPS) is 11.0. The van der Waals surface area contributed by atoms with Crippen LogP contribution < -0.4 is 5.73 Å². The molecule has 0 unspecified atom stereocenters. The summed E-state index contributed by atoms with van der Waals surface area (Å²) in [5.41, 5.74) is 6.66. The van der Waals surface area contributed by atoms with Gasteiger partial charge in [0, 0.05) is 22.3 Å². The smallest absolute Gasteiger partial charge is 0.191 e. The van der Waals surface area contributed by atoms with Crippen LogP contribution in [0, 0.1) is 0 Å². The number of hydrogen-bond donors (Lipinski definition) is 1. The van der Waals surface area contributed by atoms with Gasteiger partial charge in [0.15, 0.2) is 5.16 Å². The molecule has 2 rings (SSSR count). The Morgan fingerprint density at radius 2 is 2.10 bits per heavy atom. The first-order valence-corrected chi connectivity index (χ1v) is 8.08. The summed E-state index contributed by atoms with van der Waals surface area (Å²) in [5, 5.41) is 10.6. The van der Waals surface area contributed by atoms with Crippen molar-refractivity contribution < 1.29 is 0 Å². The maximum absolute atomic E-state index is 6.16. The van der Waals surface area contributed by atoms with E-state index in [9.17, 15) is 0 Å². The van der Waals surface area contributed by atoms with Crippen LogP contribution in [0.1, 0.15) is 24.7 Å². The van der Waals surface area contributed by atoms with Crippen LogP contribution in [0.5, 0.6) is 0 Å². The third-order valence-electron chi connectivity index (χ3n) is 2.79. The molecular formula is C13H16Cl2N4S. The van der Waals surface area contributed by atoms with Crippen LogP contribution in [0.4, 0.5) is 0 Å². The lowest BCUT2D eigenvalue weighted by Crippen LogP contribution is -2.09. The lowest BCUT2D eigenvalue weighted by Gasteiger charge is -2.08. The molecule has 0 bridgehead atoms.